The molecule has 2 aliphatic carbocycles. The molecule has 2 aliphatic rings. The molecule has 1 aromatic rings. The van der Waals surface area contributed by atoms with Crippen molar-refractivity contribution in [3.8, 4) is 0 Å². The lowest BCUT2D eigenvalue weighted by molar-refractivity contribution is -0.123. The highest BCUT2D eigenvalue weighted by atomic mass is 32.2. The third kappa shape index (κ3) is 2.75. The van der Waals surface area contributed by atoms with E-state index in [1.807, 2.05) is 0 Å². The van der Waals surface area contributed by atoms with Gasteiger partial charge in [-0.1, -0.05) is 12.8 Å². The molecular weight excluding hydrogens is 296 g/mol. The van der Waals surface area contributed by atoms with Crippen LogP contribution in [0.25, 0.3) is 0 Å². The molecule has 2 unspecified atom stereocenters. The molecule has 0 spiro atoms. The van der Waals surface area contributed by atoms with Gasteiger partial charge in [-0.15, -0.1) is 11.3 Å². The summed E-state index contributed by atoms with van der Waals surface area (Å²) in [6.45, 7) is 0.384. The number of nitrogens with two attached hydrogens (primary N) is 1. The van der Waals surface area contributed by atoms with Crippen molar-refractivity contribution in [3.05, 3.63) is 17.0 Å². The number of primary sulfonamides is 1. The normalized spacial score (nSPS) is 28.8. The van der Waals surface area contributed by atoms with E-state index >= 15 is 0 Å². The predicted molar refractivity (Wildman–Crippen MR) is 76.5 cm³/mol. The van der Waals surface area contributed by atoms with E-state index in [0.29, 0.717) is 18.4 Å². The monoisotopic (exact) mass is 314 g/mol. The molecule has 3 N–H and O–H groups in total. The first-order chi connectivity index (χ1) is 9.47. The highest BCUT2D eigenvalue weighted by molar-refractivity contribution is 7.91. The van der Waals surface area contributed by atoms with E-state index in [1.54, 1.807) is 6.07 Å². The van der Waals surface area contributed by atoms with Crippen molar-refractivity contribution >= 4 is 27.3 Å². The lowest BCUT2D eigenvalue weighted by atomic mass is 10.0. The Labute approximate surface area is 122 Å². The maximum absolute atomic E-state index is 12.1. The van der Waals surface area contributed by atoms with E-state index in [2.05, 4.69) is 5.32 Å². The molecule has 1 amide bonds. The second-order valence-electron chi connectivity index (χ2n) is 5.62. The molecule has 2 saturated carbocycles. The molecular formula is C13H18N2O3S2. The van der Waals surface area contributed by atoms with Gasteiger partial charge in [-0.3, -0.25) is 4.79 Å². The van der Waals surface area contributed by atoms with E-state index in [4.69, 9.17) is 5.14 Å². The average molecular weight is 314 g/mol. The largest absolute Gasteiger partial charge is 0.351 e. The molecule has 0 saturated heterocycles. The summed E-state index contributed by atoms with van der Waals surface area (Å²) in [5.41, 5.74) is 0. The van der Waals surface area contributed by atoms with Gasteiger partial charge in [0.2, 0.25) is 15.9 Å². The fraction of sp³-hybridized carbons (Fsp3) is 0.615. The molecule has 7 heteroatoms. The summed E-state index contributed by atoms with van der Waals surface area (Å²) in [6, 6.07) is 3.18. The minimum absolute atomic E-state index is 0.118. The van der Waals surface area contributed by atoms with E-state index in [9.17, 15) is 13.2 Å². The number of nitrogens with one attached hydrogen (secondary N) is 1. The van der Waals surface area contributed by atoms with Gasteiger partial charge in [-0.05, 0) is 36.8 Å². The van der Waals surface area contributed by atoms with Gasteiger partial charge in [-0.2, -0.15) is 0 Å². The van der Waals surface area contributed by atoms with Crippen molar-refractivity contribution in [1.82, 2.24) is 5.32 Å². The Balaban J connectivity index is 1.55. The van der Waals surface area contributed by atoms with Crippen molar-refractivity contribution in [2.24, 2.45) is 22.9 Å². The molecule has 20 heavy (non-hydrogen) atoms. The van der Waals surface area contributed by atoms with Gasteiger partial charge in [0.05, 0.1) is 6.54 Å². The zero-order chi connectivity index (χ0) is 14.3. The van der Waals surface area contributed by atoms with Gasteiger partial charge in [-0.25, -0.2) is 13.6 Å². The van der Waals surface area contributed by atoms with Crippen molar-refractivity contribution in [1.29, 1.82) is 0 Å². The Morgan fingerprint density at radius 1 is 1.30 bits per heavy atom. The summed E-state index contributed by atoms with van der Waals surface area (Å²) in [5.74, 6) is 1.49. The Morgan fingerprint density at radius 2 is 1.95 bits per heavy atom. The number of carbonyl (C=O) groups excluding carboxylic acids is 1. The highest BCUT2D eigenvalue weighted by Gasteiger charge is 2.54. The molecule has 0 aromatic carbocycles. The zero-order valence-electron chi connectivity index (χ0n) is 11.0. The second kappa shape index (κ2) is 5.13. The molecule has 3 rings (SSSR count). The molecule has 110 valence electrons. The third-order valence-corrected chi connectivity index (χ3v) is 6.84. The van der Waals surface area contributed by atoms with E-state index in [1.165, 1.54) is 31.7 Å². The Bertz CT molecular complexity index is 611. The van der Waals surface area contributed by atoms with Crippen LogP contribution in [0.2, 0.25) is 0 Å². The Morgan fingerprint density at radius 3 is 2.50 bits per heavy atom. The van der Waals surface area contributed by atoms with Crippen LogP contribution in [0.15, 0.2) is 16.3 Å². The number of hydrogen-bond donors (Lipinski definition) is 2. The van der Waals surface area contributed by atoms with E-state index in [-0.39, 0.29) is 16.0 Å². The van der Waals surface area contributed by atoms with Crippen LogP contribution in [0.1, 0.15) is 30.6 Å². The molecule has 2 fully saturated rings. The first kappa shape index (κ1) is 14.0. The molecule has 1 aromatic heterocycles. The SMILES string of the molecule is NS(=O)(=O)c1ccc(CNC(=O)C2C3CCCCC32)s1. The van der Waals surface area contributed by atoms with Gasteiger partial charge < -0.3 is 5.32 Å². The van der Waals surface area contributed by atoms with Crippen molar-refractivity contribution in [2.45, 2.75) is 36.4 Å². The fourth-order valence-electron chi connectivity index (χ4n) is 3.28. The topological polar surface area (TPSA) is 89.3 Å². The number of hydrogen-bond acceptors (Lipinski definition) is 4. The fourth-order valence-corrected chi connectivity index (χ4v) is 5.00. The van der Waals surface area contributed by atoms with Gasteiger partial charge in [0.1, 0.15) is 4.21 Å². The summed E-state index contributed by atoms with van der Waals surface area (Å²) < 4.78 is 22.5. The standard InChI is InChI=1S/C13H18N2O3S2/c14-20(17,18)11-6-5-8(19-11)7-15-13(16)12-9-3-1-2-4-10(9)12/h5-6,9-10,12H,1-4,7H2,(H,15,16)(H2,14,17,18). The Kier molecular flexibility index (Phi) is 3.60. The lowest BCUT2D eigenvalue weighted by Crippen LogP contribution is -2.25. The molecule has 2 atom stereocenters. The highest BCUT2D eigenvalue weighted by Crippen LogP contribution is 2.55. The first-order valence-electron chi connectivity index (χ1n) is 6.86. The average Bonchev–Trinajstić information content (AvgIpc) is 2.91. The third-order valence-electron chi connectivity index (χ3n) is 4.31. The van der Waals surface area contributed by atoms with Crippen molar-refractivity contribution in [3.63, 3.8) is 0 Å². The number of carbonyl (C=O) groups is 1. The van der Waals surface area contributed by atoms with E-state index in [0.717, 1.165) is 16.2 Å². The summed E-state index contributed by atoms with van der Waals surface area (Å²) in [5, 5.41) is 7.98. The summed E-state index contributed by atoms with van der Waals surface area (Å²) in [6.07, 6.45) is 4.84. The summed E-state index contributed by atoms with van der Waals surface area (Å²) in [4.78, 5) is 12.9. The minimum Gasteiger partial charge on any atom is -0.351 e. The number of rotatable bonds is 4. The number of thiophene rings is 1. The summed E-state index contributed by atoms with van der Waals surface area (Å²) in [7, 11) is -3.64. The number of fused-ring (bicyclic) bond motifs is 1. The van der Waals surface area contributed by atoms with Crippen molar-refractivity contribution in [2.75, 3.05) is 0 Å². The lowest BCUT2D eigenvalue weighted by Gasteiger charge is -2.04. The molecule has 1 heterocycles. The van der Waals surface area contributed by atoms with Crippen LogP contribution >= 0.6 is 11.3 Å². The van der Waals surface area contributed by atoms with Gasteiger partial charge in [0.15, 0.2) is 0 Å². The maximum Gasteiger partial charge on any atom is 0.247 e. The van der Waals surface area contributed by atoms with Crippen LogP contribution < -0.4 is 10.5 Å². The van der Waals surface area contributed by atoms with Crippen LogP contribution in [-0.4, -0.2) is 14.3 Å². The van der Waals surface area contributed by atoms with Crippen LogP contribution in [0, 0.1) is 17.8 Å². The number of sulfonamides is 1. The van der Waals surface area contributed by atoms with Gasteiger partial charge >= 0.3 is 0 Å². The Hall–Kier alpha value is -0.920. The van der Waals surface area contributed by atoms with Gasteiger partial charge in [0, 0.05) is 10.8 Å². The second-order valence-corrected chi connectivity index (χ2v) is 8.58. The minimum atomic E-state index is -3.64. The first-order valence-corrected chi connectivity index (χ1v) is 9.22. The quantitative estimate of drug-likeness (QED) is 0.881. The molecule has 0 bridgehead atoms. The summed E-state index contributed by atoms with van der Waals surface area (Å²) >= 11 is 1.11. The molecule has 5 nitrogen and oxygen atoms in total. The zero-order valence-corrected chi connectivity index (χ0v) is 12.7. The van der Waals surface area contributed by atoms with Crippen LogP contribution in [0.3, 0.4) is 0 Å². The predicted octanol–water partition coefficient (Wildman–Crippen LogP) is 1.45. The molecule has 0 aliphatic heterocycles. The van der Waals surface area contributed by atoms with Crippen LogP contribution in [0.5, 0.6) is 0 Å². The molecule has 0 radical (unpaired) electrons. The smallest absolute Gasteiger partial charge is 0.247 e. The van der Waals surface area contributed by atoms with Crippen LogP contribution in [-0.2, 0) is 21.4 Å². The van der Waals surface area contributed by atoms with Gasteiger partial charge in [0.25, 0.3) is 0 Å². The van der Waals surface area contributed by atoms with Crippen molar-refractivity contribution < 1.29 is 13.2 Å². The van der Waals surface area contributed by atoms with Crippen LogP contribution in [0.4, 0.5) is 0 Å². The van der Waals surface area contributed by atoms with E-state index < -0.39 is 10.0 Å². The maximum atomic E-state index is 12.1. The number of amides is 1.